The Morgan fingerprint density at radius 2 is 2.11 bits per heavy atom. The van der Waals surface area contributed by atoms with E-state index < -0.39 is 11.5 Å². The van der Waals surface area contributed by atoms with Crippen molar-refractivity contribution in [3.05, 3.63) is 22.7 Å². The molecule has 1 N–H and O–H groups in total. The maximum Gasteiger partial charge on any atom is 0.329 e. The Bertz CT molecular complexity index is 520. The standard InChI is InChI=1S/C13H21N3O3/c1-6-16(13(4,5)12(18)19)10-11(17)15(9(2)3)8-7-14-10/h7-9H,6H2,1-5H3,(H,18,19). The summed E-state index contributed by atoms with van der Waals surface area (Å²) in [5, 5.41) is 9.30. The second-order valence-corrected chi connectivity index (χ2v) is 5.17. The van der Waals surface area contributed by atoms with E-state index in [-0.39, 0.29) is 17.4 Å². The summed E-state index contributed by atoms with van der Waals surface area (Å²) in [4.78, 5) is 29.3. The molecule has 0 saturated carbocycles. The highest BCUT2D eigenvalue weighted by molar-refractivity contribution is 5.82. The highest BCUT2D eigenvalue weighted by Gasteiger charge is 2.36. The molecule has 0 bridgehead atoms. The first-order chi connectivity index (χ1) is 8.73. The average Bonchev–Trinajstić information content (AvgIpc) is 2.31. The molecule has 0 radical (unpaired) electrons. The zero-order valence-electron chi connectivity index (χ0n) is 12.0. The Morgan fingerprint density at radius 1 is 1.53 bits per heavy atom. The third-order valence-corrected chi connectivity index (χ3v) is 3.18. The number of likely N-dealkylation sites (N-methyl/N-ethyl adjacent to an activating group) is 1. The lowest BCUT2D eigenvalue weighted by Gasteiger charge is -2.34. The topological polar surface area (TPSA) is 75.4 Å². The second-order valence-electron chi connectivity index (χ2n) is 5.17. The summed E-state index contributed by atoms with van der Waals surface area (Å²) >= 11 is 0. The SMILES string of the molecule is CCN(c1nccn(C(C)C)c1=O)C(C)(C)C(=O)O. The van der Waals surface area contributed by atoms with Crippen LogP contribution in [-0.2, 0) is 4.79 Å². The summed E-state index contributed by atoms with van der Waals surface area (Å²) in [6.45, 7) is 9.11. The molecule has 0 saturated heterocycles. The van der Waals surface area contributed by atoms with Crippen LogP contribution in [0.3, 0.4) is 0 Å². The van der Waals surface area contributed by atoms with Crippen LogP contribution in [0.25, 0.3) is 0 Å². The molecule has 1 heterocycles. The zero-order chi connectivity index (χ0) is 14.8. The van der Waals surface area contributed by atoms with Crippen LogP contribution < -0.4 is 10.5 Å². The van der Waals surface area contributed by atoms with E-state index in [4.69, 9.17) is 0 Å². The van der Waals surface area contributed by atoms with Crippen LogP contribution in [0.2, 0.25) is 0 Å². The molecule has 1 aromatic heterocycles. The van der Waals surface area contributed by atoms with E-state index in [9.17, 15) is 14.7 Å². The van der Waals surface area contributed by atoms with Crippen molar-refractivity contribution in [3.63, 3.8) is 0 Å². The monoisotopic (exact) mass is 267 g/mol. The molecular weight excluding hydrogens is 246 g/mol. The number of aliphatic carboxylic acids is 1. The van der Waals surface area contributed by atoms with Gasteiger partial charge < -0.3 is 14.6 Å². The van der Waals surface area contributed by atoms with Gasteiger partial charge in [-0.15, -0.1) is 0 Å². The minimum atomic E-state index is -1.18. The van der Waals surface area contributed by atoms with Crippen molar-refractivity contribution >= 4 is 11.8 Å². The van der Waals surface area contributed by atoms with Crippen molar-refractivity contribution in [3.8, 4) is 0 Å². The maximum atomic E-state index is 12.3. The van der Waals surface area contributed by atoms with E-state index in [0.717, 1.165) is 0 Å². The van der Waals surface area contributed by atoms with Crippen molar-refractivity contribution in [2.75, 3.05) is 11.4 Å². The molecule has 0 aliphatic rings. The van der Waals surface area contributed by atoms with Gasteiger partial charge in [0.15, 0.2) is 5.82 Å². The molecule has 6 heteroatoms. The summed E-state index contributed by atoms with van der Waals surface area (Å²) in [7, 11) is 0. The second kappa shape index (κ2) is 5.42. The van der Waals surface area contributed by atoms with Crippen LogP contribution in [0.4, 0.5) is 5.82 Å². The minimum Gasteiger partial charge on any atom is -0.480 e. The van der Waals surface area contributed by atoms with Crippen LogP contribution in [0.5, 0.6) is 0 Å². The molecule has 0 aromatic carbocycles. The molecule has 6 nitrogen and oxygen atoms in total. The highest BCUT2D eigenvalue weighted by Crippen LogP contribution is 2.19. The fourth-order valence-corrected chi connectivity index (χ4v) is 1.93. The molecule has 0 atom stereocenters. The normalized spacial score (nSPS) is 11.7. The number of carboxylic acids is 1. The average molecular weight is 267 g/mol. The molecule has 0 amide bonds. The van der Waals surface area contributed by atoms with Crippen molar-refractivity contribution < 1.29 is 9.90 Å². The van der Waals surface area contributed by atoms with E-state index in [0.29, 0.717) is 6.54 Å². The predicted octanol–water partition coefficient (Wildman–Crippen LogP) is 1.51. The number of nitrogens with zero attached hydrogens (tertiary/aromatic N) is 3. The third-order valence-electron chi connectivity index (χ3n) is 3.18. The smallest absolute Gasteiger partial charge is 0.329 e. The van der Waals surface area contributed by atoms with Gasteiger partial charge in [0, 0.05) is 25.0 Å². The molecule has 1 aromatic rings. The molecule has 0 fully saturated rings. The summed E-state index contributed by atoms with van der Waals surface area (Å²) in [5.41, 5.74) is -1.45. The summed E-state index contributed by atoms with van der Waals surface area (Å²) < 4.78 is 1.54. The van der Waals surface area contributed by atoms with Gasteiger partial charge in [0.1, 0.15) is 5.54 Å². The van der Waals surface area contributed by atoms with Crippen molar-refractivity contribution in [1.29, 1.82) is 0 Å². The number of hydrogen-bond donors (Lipinski definition) is 1. The van der Waals surface area contributed by atoms with Gasteiger partial charge in [-0.2, -0.15) is 0 Å². The van der Waals surface area contributed by atoms with E-state index >= 15 is 0 Å². The van der Waals surface area contributed by atoms with E-state index in [1.54, 1.807) is 31.5 Å². The molecule has 19 heavy (non-hydrogen) atoms. The molecule has 0 aliphatic heterocycles. The Balaban J connectivity index is 3.40. The lowest BCUT2D eigenvalue weighted by molar-refractivity contribution is -0.142. The first kappa shape index (κ1) is 15.2. The Hall–Kier alpha value is -1.85. The van der Waals surface area contributed by atoms with Crippen LogP contribution in [-0.4, -0.2) is 32.7 Å². The molecule has 0 aliphatic carbocycles. The number of rotatable bonds is 5. The van der Waals surface area contributed by atoms with Crippen molar-refractivity contribution in [2.24, 2.45) is 0 Å². The van der Waals surface area contributed by atoms with E-state index in [1.165, 1.54) is 11.1 Å². The van der Waals surface area contributed by atoms with Crippen LogP contribution in [0.15, 0.2) is 17.2 Å². The Morgan fingerprint density at radius 3 is 2.53 bits per heavy atom. The molecular formula is C13H21N3O3. The van der Waals surface area contributed by atoms with Gasteiger partial charge in [0.2, 0.25) is 0 Å². The predicted molar refractivity (Wildman–Crippen MR) is 73.6 cm³/mol. The lowest BCUT2D eigenvalue weighted by Crippen LogP contribution is -2.52. The molecule has 0 spiro atoms. The van der Waals surface area contributed by atoms with Crippen molar-refractivity contribution in [1.82, 2.24) is 9.55 Å². The number of aromatic nitrogens is 2. The third kappa shape index (κ3) is 2.77. The Kier molecular flexibility index (Phi) is 4.34. The quantitative estimate of drug-likeness (QED) is 0.875. The molecule has 106 valence electrons. The van der Waals surface area contributed by atoms with Crippen LogP contribution in [0.1, 0.15) is 40.7 Å². The van der Waals surface area contributed by atoms with Gasteiger partial charge in [-0.1, -0.05) is 0 Å². The zero-order valence-corrected chi connectivity index (χ0v) is 12.0. The van der Waals surface area contributed by atoms with Gasteiger partial charge in [0.05, 0.1) is 0 Å². The van der Waals surface area contributed by atoms with E-state index in [1.807, 2.05) is 13.8 Å². The Labute approximate surface area is 112 Å². The van der Waals surface area contributed by atoms with Gasteiger partial charge in [-0.05, 0) is 34.6 Å². The lowest BCUT2D eigenvalue weighted by atomic mass is 10.0. The number of carbonyl (C=O) groups is 1. The van der Waals surface area contributed by atoms with Crippen molar-refractivity contribution in [2.45, 2.75) is 46.2 Å². The first-order valence-electron chi connectivity index (χ1n) is 6.31. The summed E-state index contributed by atoms with van der Waals surface area (Å²) in [5.74, 6) is -0.818. The van der Waals surface area contributed by atoms with Gasteiger partial charge >= 0.3 is 5.97 Å². The summed E-state index contributed by atoms with van der Waals surface area (Å²) in [6, 6.07) is 0.000830. The number of hydrogen-bond acceptors (Lipinski definition) is 4. The molecule has 0 unspecified atom stereocenters. The van der Waals surface area contributed by atoms with Crippen LogP contribution >= 0.6 is 0 Å². The number of carboxylic acid groups (broad SMARTS) is 1. The summed E-state index contributed by atoms with van der Waals surface area (Å²) in [6.07, 6.45) is 3.13. The van der Waals surface area contributed by atoms with Crippen LogP contribution in [0, 0.1) is 0 Å². The fraction of sp³-hybridized carbons (Fsp3) is 0.615. The highest BCUT2D eigenvalue weighted by atomic mass is 16.4. The van der Waals surface area contributed by atoms with Gasteiger partial charge in [-0.3, -0.25) is 4.79 Å². The van der Waals surface area contributed by atoms with Gasteiger partial charge in [0.25, 0.3) is 5.56 Å². The largest absolute Gasteiger partial charge is 0.480 e. The number of anilines is 1. The molecule has 1 rings (SSSR count). The first-order valence-corrected chi connectivity index (χ1v) is 6.31. The minimum absolute atomic E-state index is 0.000830. The van der Waals surface area contributed by atoms with E-state index in [2.05, 4.69) is 4.98 Å². The van der Waals surface area contributed by atoms with Gasteiger partial charge in [-0.25, -0.2) is 9.78 Å². The fourth-order valence-electron chi connectivity index (χ4n) is 1.93. The maximum absolute atomic E-state index is 12.3.